The second-order valence-corrected chi connectivity index (χ2v) is 20.6. The number of unbranched alkanes of at least 4 members (excludes halogenated alkanes) is 14. The van der Waals surface area contributed by atoms with Crippen LogP contribution < -0.4 is 38.1 Å². The smallest absolute Gasteiger partial charge is 0.248 e. The number of hydrogen-bond acceptors (Lipinski definition) is 13. The summed E-state index contributed by atoms with van der Waals surface area (Å²) >= 11 is 0. The molecule has 13 N–H and O–H groups in total. The molecule has 75 heavy (non-hydrogen) atoms. The minimum absolute atomic E-state index is 0.00414. The third kappa shape index (κ3) is 23.2. The highest BCUT2D eigenvalue weighted by Crippen LogP contribution is 2.24. The van der Waals surface area contributed by atoms with E-state index in [0.717, 1.165) is 41.9 Å². The molecule has 1 aromatic rings. The van der Waals surface area contributed by atoms with Crippen LogP contribution in [0.4, 0.5) is 0 Å². The Morgan fingerprint density at radius 2 is 1.11 bits per heavy atom. The number of nitrogens with zero attached hydrogens (tertiary/aromatic N) is 2. The summed E-state index contributed by atoms with van der Waals surface area (Å²) in [6.07, 6.45) is 14.1. The Hall–Kier alpha value is -5.38. The number of primary amides is 1. The second kappa shape index (κ2) is 35.0. The van der Waals surface area contributed by atoms with Gasteiger partial charge in [-0.2, -0.15) is 0 Å². The van der Waals surface area contributed by atoms with E-state index in [0.29, 0.717) is 18.4 Å². The van der Waals surface area contributed by atoms with E-state index in [2.05, 4.69) is 33.5 Å². The van der Waals surface area contributed by atoms with Crippen molar-refractivity contribution in [3.8, 4) is 5.75 Å². The maximum Gasteiger partial charge on any atom is 0.248 e. The predicted octanol–water partition coefficient (Wildman–Crippen LogP) is 1.97. The van der Waals surface area contributed by atoms with Crippen molar-refractivity contribution < 1.29 is 58.8 Å². The van der Waals surface area contributed by atoms with Crippen LogP contribution in [0.15, 0.2) is 24.3 Å². The van der Waals surface area contributed by atoms with Gasteiger partial charge < -0.3 is 68.3 Å². The molecule has 0 saturated carbocycles. The standard InChI is InChI=1S/C54H91N9O12/c1-4-6-8-9-10-11-12-13-14-15-16-17-19-23-46(68)57-33-47(69)61-48(36(3)64)54(75)63-35-40(67)32-45(63)52(73)59-42(29-26-37-24-27-38(65)28-25-37)50(71)60-43(22-20-30-55)53(74)62-34-39(66)31-44(62)51(72)58-41(49(56)70)21-18-7-5-2/h24-25,27-28,36,39-45,48,64-67H,4-23,26,29-35,55H2,1-3H3,(H2,56,70)(H,57,68)(H,58,72)(H,59,73)(H,60,71)(H,61,69)/t36-,39-,40-,41+,42+,43+,44+,45+,48+/m1/s1. The summed E-state index contributed by atoms with van der Waals surface area (Å²) in [4.78, 5) is 111. The Morgan fingerprint density at radius 3 is 1.63 bits per heavy atom. The Kier molecular flexibility index (Phi) is 29.9. The van der Waals surface area contributed by atoms with E-state index in [9.17, 15) is 58.8 Å². The van der Waals surface area contributed by atoms with Gasteiger partial charge in [-0.3, -0.25) is 38.4 Å². The number of aryl methyl sites for hydroxylation is 1. The van der Waals surface area contributed by atoms with Crippen molar-refractivity contribution in [1.29, 1.82) is 0 Å². The van der Waals surface area contributed by atoms with Crippen LogP contribution in [-0.4, -0.2) is 158 Å². The minimum Gasteiger partial charge on any atom is -0.508 e. The van der Waals surface area contributed by atoms with Crippen molar-refractivity contribution in [2.24, 2.45) is 11.5 Å². The number of likely N-dealkylation sites (tertiary alicyclic amines) is 2. The van der Waals surface area contributed by atoms with E-state index in [1.807, 2.05) is 6.92 Å². The van der Waals surface area contributed by atoms with Crippen molar-refractivity contribution >= 4 is 47.3 Å². The average molecular weight is 1060 g/mol. The van der Waals surface area contributed by atoms with Crippen molar-refractivity contribution in [2.45, 2.75) is 229 Å². The normalized spacial score (nSPS) is 19.3. The first-order valence-electron chi connectivity index (χ1n) is 27.8. The van der Waals surface area contributed by atoms with Gasteiger partial charge in [-0.25, -0.2) is 0 Å². The van der Waals surface area contributed by atoms with Crippen LogP contribution in [0.5, 0.6) is 5.75 Å². The van der Waals surface area contributed by atoms with Crippen molar-refractivity contribution in [3.05, 3.63) is 29.8 Å². The lowest BCUT2D eigenvalue weighted by Crippen LogP contribution is -2.60. The Morgan fingerprint density at radius 1 is 0.613 bits per heavy atom. The van der Waals surface area contributed by atoms with E-state index in [4.69, 9.17) is 11.5 Å². The molecular formula is C54H91N9O12. The minimum atomic E-state index is -1.57. The molecule has 1 aromatic carbocycles. The number of carbonyl (C=O) groups is 8. The summed E-state index contributed by atoms with van der Waals surface area (Å²) in [5.74, 6) is -5.79. The molecule has 424 valence electrons. The number of carbonyl (C=O) groups excluding carboxylic acids is 8. The molecule has 0 radical (unpaired) electrons. The average Bonchev–Trinajstić information content (AvgIpc) is 3.98. The van der Waals surface area contributed by atoms with E-state index in [1.165, 1.54) is 76.8 Å². The predicted molar refractivity (Wildman–Crippen MR) is 283 cm³/mol. The van der Waals surface area contributed by atoms with Gasteiger partial charge >= 0.3 is 0 Å². The summed E-state index contributed by atoms with van der Waals surface area (Å²) in [5.41, 5.74) is 12.1. The van der Waals surface area contributed by atoms with Crippen LogP contribution in [0.25, 0.3) is 0 Å². The molecular weight excluding hydrogens is 967 g/mol. The van der Waals surface area contributed by atoms with Crippen LogP contribution in [-0.2, 0) is 44.8 Å². The van der Waals surface area contributed by atoms with Gasteiger partial charge in [0.1, 0.15) is 42.0 Å². The number of hydrogen-bond donors (Lipinski definition) is 11. The van der Waals surface area contributed by atoms with Crippen molar-refractivity contribution in [3.63, 3.8) is 0 Å². The summed E-state index contributed by atoms with van der Waals surface area (Å²) in [7, 11) is 0. The second-order valence-electron chi connectivity index (χ2n) is 20.6. The molecule has 0 aliphatic carbocycles. The van der Waals surface area contributed by atoms with Crippen LogP contribution in [0.3, 0.4) is 0 Å². The van der Waals surface area contributed by atoms with Crippen LogP contribution in [0, 0.1) is 0 Å². The number of phenolic OH excluding ortho intramolecular Hbond substituents is 1. The van der Waals surface area contributed by atoms with E-state index in [1.54, 1.807) is 12.1 Å². The number of nitrogens with two attached hydrogens (primary N) is 2. The van der Waals surface area contributed by atoms with Gasteiger partial charge in [-0.15, -0.1) is 0 Å². The number of amides is 8. The number of rotatable bonds is 37. The quantitative estimate of drug-likeness (QED) is 0.0426. The zero-order chi connectivity index (χ0) is 55.3. The molecule has 21 nitrogen and oxygen atoms in total. The third-order valence-corrected chi connectivity index (χ3v) is 14.1. The van der Waals surface area contributed by atoms with Gasteiger partial charge in [0, 0.05) is 32.4 Å². The fourth-order valence-corrected chi connectivity index (χ4v) is 9.69. The maximum atomic E-state index is 14.4. The Balaban J connectivity index is 1.68. The first-order valence-corrected chi connectivity index (χ1v) is 27.8. The highest BCUT2D eigenvalue weighted by Gasteiger charge is 2.45. The molecule has 9 atom stereocenters. The number of aliphatic hydroxyl groups is 3. The highest BCUT2D eigenvalue weighted by atomic mass is 16.3. The fraction of sp³-hybridized carbons (Fsp3) is 0.741. The number of β-amino-alcohol motifs (C(OH)–C–C–N with tert-alkyl or cyclic N) is 2. The molecule has 0 spiro atoms. The van der Waals surface area contributed by atoms with E-state index in [-0.39, 0.29) is 82.7 Å². The SMILES string of the molecule is CCCCCCCCCCCCCCCC(=O)NCC(=O)N[C@H](C(=O)N1C[C@H](O)C[C@H]1C(=O)N[C@@H](CCc1ccc(O)cc1)C(=O)N[C@@H](CCCN)C(=O)N1C[C@H](O)C[C@H]1C(=O)N[C@@H](CCCCC)C(N)=O)[C@@H](C)O. The zero-order valence-electron chi connectivity index (χ0n) is 44.9. The van der Waals surface area contributed by atoms with Crippen molar-refractivity contribution in [2.75, 3.05) is 26.2 Å². The topological polar surface area (TPSA) is 336 Å². The van der Waals surface area contributed by atoms with Crippen LogP contribution >= 0.6 is 0 Å². The maximum absolute atomic E-state index is 14.4. The Bertz CT molecular complexity index is 1940. The number of nitrogens with one attached hydrogen (secondary N) is 5. The molecule has 2 fully saturated rings. The van der Waals surface area contributed by atoms with Crippen LogP contribution in [0.1, 0.15) is 174 Å². The van der Waals surface area contributed by atoms with Gasteiger partial charge in [-0.05, 0) is 69.7 Å². The number of phenols is 1. The molecule has 0 bridgehead atoms. The monoisotopic (exact) mass is 1060 g/mol. The van der Waals surface area contributed by atoms with Gasteiger partial charge in [-0.1, -0.05) is 122 Å². The highest BCUT2D eigenvalue weighted by molar-refractivity contribution is 5.98. The first kappa shape index (κ1) is 63.9. The number of benzene rings is 1. The summed E-state index contributed by atoms with van der Waals surface area (Å²) in [6, 6.07) is -1.66. The number of aliphatic hydroxyl groups excluding tert-OH is 3. The van der Waals surface area contributed by atoms with Gasteiger partial charge in [0.25, 0.3) is 0 Å². The number of aromatic hydroxyl groups is 1. The molecule has 3 rings (SSSR count). The van der Waals surface area contributed by atoms with E-state index >= 15 is 0 Å². The summed E-state index contributed by atoms with van der Waals surface area (Å²) in [6.45, 7) is 4.54. The molecule has 2 aliphatic rings. The van der Waals surface area contributed by atoms with Gasteiger partial charge in [0.2, 0.25) is 47.3 Å². The molecule has 2 aliphatic heterocycles. The third-order valence-electron chi connectivity index (χ3n) is 14.1. The first-order chi connectivity index (χ1) is 35.9. The lowest BCUT2D eigenvalue weighted by Gasteiger charge is -2.32. The molecule has 8 amide bonds. The lowest BCUT2D eigenvalue weighted by molar-refractivity contribution is -0.144. The molecule has 0 aromatic heterocycles. The summed E-state index contributed by atoms with van der Waals surface area (Å²) < 4.78 is 0. The van der Waals surface area contributed by atoms with E-state index < -0.39 is 102 Å². The van der Waals surface area contributed by atoms with Gasteiger partial charge in [0.05, 0.1) is 24.9 Å². The fourth-order valence-electron chi connectivity index (χ4n) is 9.69. The Labute approximate surface area is 443 Å². The van der Waals surface area contributed by atoms with Crippen LogP contribution in [0.2, 0.25) is 0 Å². The molecule has 0 unspecified atom stereocenters. The largest absolute Gasteiger partial charge is 0.508 e. The summed E-state index contributed by atoms with van der Waals surface area (Å²) in [5, 5.41) is 55.1. The molecule has 2 heterocycles. The molecule has 21 heteroatoms. The molecule has 2 saturated heterocycles. The zero-order valence-corrected chi connectivity index (χ0v) is 44.9. The van der Waals surface area contributed by atoms with Crippen molar-refractivity contribution in [1.82, 2.24) is 36.4 Å². The lowest BCUT2D eigenvalue weighted by atomic mass is 10.0. The van der Waals surface area contributed by atoms with Gasteiger partial charge in [0.15, 0.2) is 0 Å².